The van der Waals surface area contributed by atoms with Gasteiger partial charge in [-0.05, 0) is 55.0 Å². The van der Waals surface area contributed by atoms with E-state index in [1.165, 1.54) is 12.1 Å². The van der Waals surface area contributed by atoms with E-state index < -0.39 is 4.92 Å². The molecule has 0 bridgehead atoms. The molecule has 1 N–H and O–H groups in total. The Hall–Kier alpha value is -4.40. The molecule has 0 aliphatic carbocycles. The van der Waals surface area contributed by atoms with Gasteiger partial charge < -0.3 is 14.5 Å². The van der Waals surface area contributed by atoms with Crippen LogP contribution in [0.4, 0.5) is 11.4 Å². The van der Waals surface area contributed by atoms with Gasteiger partial charge >= 0.3 is 0 Å². The van der Waals surface area contributed by atoms with Crippen LogP contribution in [-0.4, -0.2) is 20.6 Å². The van der Waals surface area contributed by atoms with Crippen molar-refractivity contribution in [3.8, 4) is 5.75 Å². The zero-order chi connectivity index (χ0) is 22.5. The van der Waals surface area contributed by atoms with Crippen molar-refractivity contribution in [1.29, 1.82) is 0 Å². The Morgan fingerprint density at radius 1 is 1.19 bits per heavy atom. The summed E-state index contributed by atoms with van der Waals surface area (Å²) < 4.78 is 13.0. The molecule has 2 aromatic heterocycles. The molecular weight excluding hydrogens is 412 g/mol. The Bertz CT molecular complexity index is 1250. The highest BCUT2D eigenvalue weighted by Gasteiger charge is 2.14. The predicted molar refractivity (Wildman–Crippen MR) is 117 cm³/mol. The molecule has 4 rings (SSSR count). The van der Waals surface area contributed by atoms with Gasteiger partial charge in [0.05, 0.1) is 11.5 Å². The molecule has 0 fully saturated rings. The van der Waals surface area contributed by atoms with Crippen molar-refractivity contribution < 1.29 is 18.9 Å². The largest absolute Gasteiger partial charge is 0.486 e. The summed E-state index contributed by atoms with van der Waals surface area (Å²) in [5.41, 5.74) is 2.18. The third kappa shape index (κ3) is 5.01. The summed E-state index contributed by atoms with van der Waals surface area (Å²) in [4.78, 5) is 23.0. The summed E-state index contributed by atoms with van der Waals surface area (Å²) in [5.74, 6) is 0.711. The summed E-state index contributed by atoms with van der Waals surface area (Å²) >= 11 is 0. The maximum atomic E-state index is 12.5. The van der Waals surface area contributed by atoms with E-state index in [1.807, 2.05) is 30.5 Å². The van der Waals surface area contributed by atoms with E-state index in [-0.39, 0.29) is 24.0 Å². The number of anilines is 1. The van der Waals surface area contributed by atoms with Gasteiger partial charge in [0.2, 0.25) is 0 Å². The molecule has 0 atom stereocenters. The van der Waals surface area contributed by atoms with Crippen molar-refractivity contribution in [3.63, 3.8) is 0 Å². The first-order valence-electron chi connectivity index (χ1n) is 9.82. The summed E-state index contributed by atoms with van der Waals surface area (Å²) in [6.45, 7) is 2.33. The summed E-state index contributed by atoms with van der Waals surface area (Å²) in [6.07, 6.45) is 3.59. The fourth-order valence-electron chi connectivity index (χ4n) is 3.18. The molecule has 2 aromatic carbocycles. The van der Waals surface area contributed by atoms with Crippen LogP contribution in [0.5, 0.6) is 5.75 Å². The fraction of sp³-hybridized carbons (Fsp3) is 0.130. The van der Waals surface area contributed by atoms with E-state index in [4.69, 9.17) is 9.15 Å². The van der Waals surface area contributed by atoms with Crippen LogP contribution in [0.2, 0.25) is 0 Å². The van der Waals surface area contributed by atoms with Gasteiger partial charge in [-0.25, -0.2) is 0 Å². The number of carbonyl (C=O) groups excluding carboxylic acids is 1. The number of rotatable bonds is 8. The molecule has 0 radical (unpaired) electrons. The SMILES string of the molecule is Cc1cc(OCc2ccc(C(=O)Nc3cccc(Cn4cccn4)c3)o2)ccc1[N+](=O)[O-]. The van der Waals surface area contributed by atoms with E-state index in [0.29, 0.717) is 29.3 Å². The average Bonchev–Trinajstić information content (AvgIpc) is 3.44. The molecule has 0 spiro atoms. The highest BCUT2D eigenvalue weighted by molar-refractivity contribution is 6.02. The van der Waals surface area contributed by atoms with Crippen LogP contribution >= 0.6 is 0 Å². The van der Waals surface area contributed by atoms with E-state index in [2.05, 4.69) is 10.4 Å². The molecule has 9 heteroatoms. The minimum Gasteiger partial charge on any atom is -0.486 e. The van der Waals surface area contributed by atoms with Crippen LogP contribution in [0.15, 0.2) is 77.5 Å². The van der Waals surface area contributed by atoms with Gasteiger partial charge in [0.1, 0.15) is 18.1 Å². The monoisotopic (exact) mass is 432 g/mol. The molecule has 2 heterocycles. The second kappa shape index (κ2) is 9.17. The van der Waals surface area contributed by atoms with E-state index in [0.717, 1.165) is 5.56 Å². The molecular formula is C23H20N4O5. The number of aromatic nitrogens is 2. The smallest absolute Gasteiger partial charge is 0.291 e. The number of nitrogens with zero attached hydrogens (tertiary/aromatic N) is 3. The van der Waals surface area contributed by atoms with Gasteiger partial charge in [0.25, 0.3) is 11.6 Å². The van der Waals surface area contributed by atoms with Crippen LogP contribution < -0.4 is 10.1 Å². The van der Waals surface area contributed by atoms with Gasteiger partial charge in [-0.1, -0.05) is 12.1 Å². The molecule has 1 amide bonds. The number of hydrogen-bond acceptors (Lipinski definition) is 6. The average molecular weight is 432 g/mol. The topological polar surface area (TPSA) is 112 Å². The highest BCUT2D eigenvalue weighted by atomic mass is 16.6. The van der Waals surface area contributed by atoms with Crippen molar-refractivity contribution in [2.75, 3.05) is 5.32 Å². The van der Waals surface area contributed by atoms with E-state index in [1.54, 1.807) is 42.1 Å². The lowest BCUT2D eigenvalue weighted by atomic mass is 10.2. The molecule has 4 aromatic rings. The first-order chi connectivity index (χ1) is 15.5. The summed E-state index contributed by atoms with van der Waals surface area (Å²) in [5, 5.41) is 17.9. The molecule has 162 valence electrons. The number of benzene rings is 2. The Kier molecular flexibility index (Phi) is 5.98. The number of nitro benzene ring substituents is 1. The first kappa shape index (κ1) is 20.9. The van der Waals surface area contributed by atoms with Crippen molar-refractivity contribution >= 4 is 17.3 Å². The number of furan rings is 1. The lowest BCUT2D eigenvalue weighted by Crippen LogP contribution is -2.11. The van der Waals surface area contributed by atoms with Gasteiger partial charge in [0, 0.05) is 29.7 Å². The van der Waals surface area contributed by atoms with Crippen LogP contribution in [0.3, 0.4) is 0 Å². The lowest BCUT2D eigenvalue weighted by molar-refractivity contribution is -0.385. The zero-order valence-electron chi connectivity index (χ0n) is 17.2. The van der Waals surface area contributed by atoms with E-state index in [9.17, 15) is 14.9 Å². The maximum absolute atomic E-state index is 12.5. The fourth-order valence-corrected chi connectivity index (χ4v) is 3.18. The highest BCUT2D eigenvalue weighted by Crippen LogP contribution is 2.24. The van der Waals surface area contributed by atoms with Crippen molar-refractivity contribution in [3.05, 3.63) is 106 Å². The lowest BCUT2D eigenvalue weighted by Gasteiger charge is -2.07. The minimum atomic E-state index is -0.441. The molecule has 0 aliphatic rings. The van der Waals surface area contributed by atoms with Crippen LogP contribution in [0, 0.1) is 17.0 Å². The van der Waals surface area contributed by atoms with Crippen LogP contribution in [0.25, 0.3) is 0 Å². The Morgan fingerprint density at radius 3 is 2.81 bits per heavy atom. The van der Waals surface area contributed by atoms with Crippen molar-refractivity contribution in [2.45, 2.75) is 20.1 Å². The normalized spacial score (nSPS) is 10.7. The third-order valence-corrected chi connectivity index (χ3v) is 4.72. The predicted octanol–water partition coefficient (Wildman–Crippen LogP) is 4.57. The quantitative estimate of drug-likeness (QED) is 0.322. The van der Waals surface area contributed by atoms with Crippen LogP contribution in [-0.2, 0) is 13.2 Å². The zero-order valence-corrected chi connectivity index (χ0v) is 17.2. The summed E-state index contributed by atoms with van der Waals surface area (Å²) in [7, 11) is 0. The minimum absolute atomic E-state index is 0.0306. The van der Waals surface area contributed by atoms with Crippen LogP contribution in [0.1, 0.15) is 27.4 Å². The van der Waals surface area contributed by atoms with Gasteiger partial charge in [-0.15, -0.1) is 0 Å². The second-order valence-corrected chi connectivity index (χ2v) is 7.12. The molecule has 0 saturated heterocycles. The standard InChI is InChI=1S/C23H20N4O5/c1-16-12-19(6-8-21(16)27(29)30)31-15-20-7-9-22(32-20)23(28)25-18-5-2-4-17(13-18)14-26-11-3-10-24-26/h2-13H,14-15H2,1H3,(H,25,28). The van der Waals surface area contributed by atoms with Gasteiger partial charge in [-0.2, -0.15) is 5.10 Å². The third-order valence-electron chi connectivity index (χ3n) is 4.72. The molecule has 0 aliphatic heterocycles. The number of nitro groups is 1. The number of amides is 1. The first-order valence-corrected chi connectivity index (χ1v) is 9.82. The van der Waals surface area contributed by atoms with Crippen molar-refractivity contribution in [1.82, 2.24) is 9.78 Å². The number of aryl methyl sites for hydroxylation is 1. The number of nitrogens with one attached hydrogen (secondary N) is 1. The Labute approximate surface area is 183 Å². The number of carbonyl (C=O) groups is 1. The van der Waals surface area contributed by atoms with E-state index >= 15 is 0 Å². The summed E-state index contributed by atoms with van der Waals surface area (Å²) in [6, 6.07) is 17.1. The van der Waals surface area contributed by atoms with Gasteiger partial charge in [0.15, 0.2) is 5.76 Å². The van der Waals surface area contributed by atoms with Crippen molar-refractivity contribution in [2.24, 2.45) is 0 Å². The maximum Gasteiger partial charge on any atom is 0.291 e. The molecule has 9 nitrogen and oxygen atoms in total. The number of ether oxygens (including phenoxy) is 1. The molecule has 0 saturated carbocycles. The second-order valence-electron chi connectivity index (χ2n) is 7.12. The molecule has 32 heavy (non-hydrogen) atoms. The number of hydrogen-bond donors (Lipinski definition) is 1. The Balaban J connectivity index is 1.36. The Morgan fingerprint density at radius 2 is 2.06 bits per heavy atom. The molecule has 0 unspecified atom stereocenters. The van der Waals surface area contributed by atoms with Gasteiger partial charge in [-0.3, -0.25) is 19.6 Å².